The maximum atomic E-state index is 12.6. The van der Waals surface area contributed by atoms with Crippen LogP contribution in [0.1, 0.15) is 44.9 Å². The third kappa shape index (κ3) is 4.50. The number of carboxylic acids is 2. The number of hydrogen-bond donors (Lipinski definition) is 2. The number of carbonyl (C=O) groups excluding carboxylic acids is 1. The molecule has 1 aliphatic carbocycles. The highest BCUT2D eigenvalue weighted by Crippen LogP contribution is 2.42. The van der Waals surface area contributed by atoms with E-state index >= 15 is 0 Å². The van der Waals surface area contributed by atoms with Gasteiger partial charge in [-0.1, -0.05) is 30.4 Å². The SMILES string of the molecule is O=C(O)CCCN1C(=O)/C(=C/C2OC3(CCCCC3)OC2C(=O)O)SC1=S. The van der Waals surface area contributed by atoms with Gasteiger partial charge in [-0.2, -0.15) is 0 Å². The molecule has 0 aromatic heterocycles. The van der Waals surface area contributed by atoms with Crippen LogP contribution in [0.4, 0.5) is 0 Å². The monoisotopic (exact) mass is 415 g/mol. The molecule has 0 bridgehead atoms. The molecule has 27 heavy (non-hydrogen) atoms. The van der Waals surface area contributed by atoms with Gasteiger partial charge < -0.3 is 19.7 Å². The van der Waals surface area contributed by atoms with Gasteiger partial charge in [0.15, 0.2) is 11.9 Å². The highest BCUT2D eigenvalue weighted by molar-refractivity contribution is 8.26. The van der Waals surface area contributed by atoms with Crippen LogP contribution in [0.2, 0.25) is 0 Å². The van der Waals surface area contributed by atoms with Crippen LogP contribution >= 0.6 is 24.0 Å². The van der Waals surface area contributed by atoms with Crippen LogP contribution in [-0.2, 0) is 23.9 Å². The van der Waals surface area contributed by atoms with Gasteiger partial charge in [0.05, 0.1) is 4.91 Å². The van der Waals surface area contributed by atoms with Crippen LogP contribution in [0.15, 0.2) is 11.0 Å². The Labute approximate surface area is 165 Å². The summed E-state index contributed by atoms with van der Waals surface area (Å²) in [5, 5.41) is 18.2. The largest absolute Gasteiger partial charge is 0.481 e. The van der Waals surface area contributed by atoms with E-state index in [0.717, 1.165) is 31.0 Å². The molecule has 8 nitrogen and oxygen atoms in total. The van der Waals surface area contributed by atoms with Crippen molar-refractivity contribution < 1.29 is 34.1 Å². The number of aliphatic carboxylic acids is 2. The summed E-state index contributed by atoms with van der Waals surface area (Å²) in [7, 11) is 0. The fourth-order valence-corrected chi connectivity index (χ4v) is 4.83. The predicted molar refractivity (Wildman–Crippen MR) is 100 cm³/mol. The first-order valence-corrected chi connectivity index (χ1v) is 10.1. The van der Waals surface area contributed by atoms with E-state index in [4.69, 9.17) is 26.8 Å². The number of nitrogens with zero attached hydrogens (tertiary/aromatic N) is 1. The van der Waals surface area contributed by atoms with E-state index < -0.39 is 29.9 Å². The van der Waals surface area contributed by atoms with Crippen LogP contribution in [0.5, 0.6) is 0 Å². The number of carboxylic acid groups (broad SMARTS) is 2. The zero-order valence-electron chi connectivity index (χ0n) is 14.6. The average molecular weight is 415 g/mol. The van der Waals surface area contributed by atoms with Gasteiger partial charge in [0.25, 0.3) is 5.91 Å². The zero-order valence-corrected chi connectivity index (χ0v) is 16.2. The summed E-state index contributed by atoms with van der Waals surface area (Å²) in [5.41, 5.74) is 0. The zero-order chi connectivity index (χ0) is 19.6. The predicted octanol–water partition coefficient (Wildman–Crippen LogP) is 2.12. The van der Waals surface area contributed by atoms with Crippen molar-refractivity contribution in [2.24, 2.45) is 0 Å². The molecular weight excluding hydrogens is 394 g/mol. The molecule has 1 spiro atoms. The Bertz CT molecular complexity index is 687. The van der Waals surface area contributed by atoms with Crippen LogP contribution in [0.3, 0.4) is 0 Å². The second kappa shape index (κ2) is 8.26. The molecule has 10 heteroatoms. The molecule has 3 fully saturated rings. The first-order chi connectivity index (χ1) is 12.8. The number of thioether (sulfide) groups is 1. The Kier molecular flexibility index (Phi) is 6.19. The molecule has 2 heterocycles. The number of thiocarbonyl (C=S) groups is 1. The van der Waals surface area contributed by atoms with E-state index in [-0.39, 0.29) is 18.9 Å². The van der Waals surface area contributed by atoms with Crippen LogP contribution in [-0.4, -0.2) is 61.8 Å². The van der Waals surface area contributed by atoms with Crippen molar-refractivity contribution in [2.75, 3.05) is 6.54 Å². The molecule has 1 amide bonds. The molecule has 2 saturated heterocycles. The standard InChI is InChI=1S/C17H21NO7S2/c19-12(20)5-4-8-18-14(21)11(27-16(18)26)9-10-13(15(22)23)25-17(24-10)6-2-1-3-7-17/h9-10,13H,1-8H2,(H,19,20)(H,22,23)/b11-9-. The highest BCUT2D eigenvalue weighted by atomic mass is 32.2. The van der Waals surface area contributed by atoms with E-state index in [1.807, 2.05) is 0 Å². The Hall–Kier alpha value is -1.49. The lowest BCUT2D eigenvalue weighted by Crippen LogP contribution is -2.34. The lowest BCUT2D eigenvalue weighted by molar-refractivity contribution is -0.196. The van der Waals surface area contributed by atoms with Crippen LogP contribution in [0, 0.1) is 0 Å². The summed E-state index contributed by atoms with van der Waals surface area (Å²) in [5.74, 6) is -3.31. The van der Waals surface area contributed by atoms with Crippen molar-refractivity contribution >= 4 is 46.1 Å². The molecule has 2 N–H and O–H groups in total. The Balaban J connectivity index is 1.72. The molecule has 2 unspecified atom stereocenters. The van der Waals surface area contributed by atoms with Crippen molar-refractivity contribution in [3.63, 3.8) is 0 Å². The van der Waals surface area contributed by atoms with Crippen molar-refractivity contribution in [2.45, 2.75) is 62.9 Å². The normalized spacial score (nSPS) is 29.0. The van der Waals surface area contributed by atoms with Crippen LogP contribution < -0.4 is 0 Å². The first-order valence-electron chi connectivity index (χ1n) is 8.87. The van der Waals surface area contributed by atoms with Crippen LogP contribution in [0.25, 0.3) is 0 Å². The van der Waals surface area contributed by atoms with Crippen molar-refractivity contribution in [3.05, 3.63) is 11.0 Å². The minimum atomic E-state index is -1.17. The van der Waals surface area contributed by atoms with Gasteiger partial charge in [-0.25, -0.2) is 4.79 Å². The lowest BCUT2D eigenvalue weighted by Gasteiger charge is -2.31. The number of rotatable bonds is 6. The molecule has 1 saturated carbocycles. The minimum absolute atomic E-state index is 0.0563. The van der Waals surface area contributed by atoms with Gasteiger partial charge in [-0.15, -0.1) is 0 Å². The van der Waals surface area contributed by atoms with Gasteiger partial charge in [0.1, 0.15) is 10.4 Å². The fraction of sp³-hybridized carbons (Fsp3) is 0.647. The van der Waals surface area contributed by atoms with Crippen molar-refractivity contribution in [1.29, 1.82) is 0 Å². The molecule has 3 aliphatic rings. The summed E-state index contributed by atoms with van der Waals surface area (Å²) < 4.78 is 12.1. The topological polar surface area (TPSA) is 113 Å². The molecule has 2 atom stereocenters. The smallest absolute Gasteiger partial charge is 0.336 e. The summed E-state index contributed by atoms with van der Waals surface area (Å²) in [6, 6.07) is 0. The maximum absolute atomic E-state index is 12.6. The number of amides is 1. The third-order valence-corrected chi connectivity index (χ3v) is 6.21. The molecular formula is C17H21NO7S2. The van der Waals surface area contributed by atoms with Gasteiger partial charge >= 0.3 is 11.9 Å². The lowest BCUT2D eigenvalue weighted by atomic mass is 9.94. The number of carbonyl (C=O) groups is 3. The molecule has 0 aromatic rings. The summed E-state index contributed by atoms with van der Waals surface area (Å²) in [4.78, 5) is 36.5. The van der Waals surface area contributed by atoms with Gasteiger partial charge in [-0.3, -0.25) is 14.5 Å². The Morgan fingerprint density at radius 1 is 1.26 bits per heavy atom. The fourth-order valence-electron chi connectivity index (χ4n) is 3.52. The summed E-state index contributed by atoms with van der Waals surface area (Å²) in [6.45, 7) is 0.211. The van der Waals surface area contributed by atoms with Gasteiger partial charge in [-0.05, 0) is 25.3 Å². The summed E-state index contributed by atoms with van der Waals surface area (Å²) >= 11 is 6.27. The second-order valence-corrected chi connectivity index (χ2v) is 8.46. The van der Waals surface area contributed by atoms with Gasteiger partial charge in [0, 0.05) is 25.8 Å². The van der Waals surface area contributed by atoms with E-state index in [1.54, 1.807) is 0 Å². The van der Waals surface area contributed by atoms with E-state index in [0.29, 0.717) is 28.5 Å². The minimum Gasteiger partial charge on any atom is -0.481 e. The van der Waals surface area contributed by atoms with E-state index in [2.05, 4.69) is 0 Å². The Morgan fingerprint density at radius 3 is 2.59 bits per heavy atom. The average Bonchev–Trinajstić information content (AvgIpc) is 3.08. The van der Waals surface area contributed by atoms with Crippen molar-refractivity contribution in [1.82, 2.24) is 4.90 Å². The highest BCUT2D eigenvalue weighted by Gasteiger charge is 2.51. The molecule has 148 valence electrons. The molecule has 2 aliphatic heterocycles. The number of hydrogen-bond acceptors (Lipinski definition) is 7. The quantitative estimate of drug-likeness (QED) is 0.497. The molecule has 0 aromatic carbocycles. The van der Waals surface area contributed by atoms with E-state index in [9.17, 15) is 19.5 Å². The van der Waals surface area contributed by atoms with Gasteiger partial charge in [0.2, 0.25) is 0 Å². The number of ether oxygens (including phenoxy) is 2. The first kappa shape index (κ1) is 20.2. The molecule has 3 rings (SSSR count). The molecule has 0 radical (unpaired) electrons. The third-order valence-electron chi connectivity index (χ3n) is 4.81. The summed E-state index contributed by atoms with van der Waals surface area (Å²) in [6.07, 6.45) is 3.83. The van der Waals surface area contributed by atoms with Crippen molar-refractivity contribution in [3.8, 4) is 0 Å². The van der Waals surface area contributed by atoms with E-state index in [1.165, 1.54) is 11.0 Å². The maximum Gasteiger partial charge on any atom is 0.336 e. The second-order valence-electron chi connectivity index (χ2n) is 6.78. The Morgan fingerprint density at radius 2 is 1.96 bits per heavy atom.